The molecule has 12 heavy (non-hydrogen) atoms. The molecule has 1 aromatic carbocycles. The Kier molecular flexibility index (Phi) is 1.59. The van der Waals surface area contributed by atoms with E-state index in [2.05, 4.69) is 0 Å². The molecule has 4 heteroatoms. The molecule has 1 aromatic rings. The van der Waals surface area contributed by atoms with Crippen LogP contribution in [0.3, 0.4) is 0 Å². The highest BCUT2D eigenvalue weighted by Crippen LogP contribution is 2.16. The molecule has 3 N–H and O–H groups in total. The average Bonchev–Trinajstić information content (AvgIpc) is 2.31. The van der Waals surface area contributed by atoms with Gasteiger partial charge in [0, 0.05) is 5.69 Å². The van der Waals surface area contributed by atoms with E-state index < -0.39 is 7.12 Å². The number of nitrogens with two attached hydrogens (primary N) is 1. The minimum Gasteiger partial charge on any atom is -0.423 e. The average molecular weight is 163 g/mol. The third-order valence-electron chi connectivity index (χ3n) is 2.14. The molecular weight excluding hydrogens is 153 g/mol. The maximum atomic E-state index is 9.39. The Balaban J connectivity index is 2.60. The third kappa shape index (κ3) is 1.00. The van der Waals surface area contributed by atoms with Crippen molar-refractivity contribution in [2.75, 3.05) is 5.73 Å². The standard InChI is InChI=1S/C8H10BNO2/c1-5-2-7(10)3-6-4-12-9(11)8(5)6/h2-3,11H,4,10H2,1H3. The molecule has 0 amide bonds. The van der Waals surface area contributed by atoms with Crippen molar-refractivity contribution in [2.45, 2.75) is 13.5 Å². The molecule has 1 aliphatic heterocycles. The topological polar surface area (TPSA) is 55.5 Å². The van der Waals surface area contributed by atoms with Crippen molar-refractivity contribution in [2.24, 2.45) is 0 Å². The van der Waals surface area contributed by atoms with Crippen LogP contribution in [0.5, 0.6) is 0 Å². The summed E-state index contributed by atoms with van der Waals surface area (Å²) < 4.78 is 5.06. The van der Waals surface area contributed by atoms with E-state index in [1.807, 2.05) is 19.1 Å². The van der Waals surface area contributed by atoms with Crippen molar-refractivity contribution >= 4 is 18.3 Å². The highest BCUT2D eigenvalue weighted by Gasteiger charge is 2.28. The first-order valence-electron chi connectivity index (χ1n) is 3.87. The van der Waals surface area contributed by atoms with Crippen LogP contribution in [0.15, 0.2) is 12.1 Å². The van der Waals surface area contributed by atoms with Crippen molar-refractivity contribution in [3.05, 3.63) is 23.3 Å². The Bertz CT molecular complexity index is 327. The van der Waals surface area contributed by atoms with Gasteiger partial charge in [-0.1, -0.05) is 0 Å². The lowest BCUT2D eigenvalue weighted by atomic mass is 9.76. The van der Waals surface area contributed by atoms with Gasteiger partial charge in [-0.2, -0.15) is 0 Å². The Morgan fingerprint density at radius 2 is 2.33 bits per heavy atom. The van der Waals surface area contributed by atoms with Crippen molar-refractivity contribution in [3.8, 4) is 0 Å². The number of rotatable bonds is 0. The molecule has 0 atom stereocenters. The second kappa shape index (κ2) is 2.50. The lowest BCUT2D eigenvalue weighted by Crippen LogP contribution is -2.30. The molecule has 1 heterocycles. The van der Waals surface area contributed by atoms with Gasteiger partial charge in [-0.25, -0.2) is 0 Å². The molecule has 0 radical (unpaired) electrons. The summed E-state index contributed by atoms with van der Waals surface area (Å²) in [5.74, 6) is 0. The fraction of sp³-hybridized carbons (Fsp3) is 0.250. The molecule has 0 fully saturated rings. The van der Waals surface area contributed by atoms with Crippen LogP contribution in [0, 0.1) is 6.92 Å². The summed E-state index contributed by atoms with van der Waals surface area (Å²) in [5.41, 5.74) is 9.24. The second-order valence-electron chi connectivity index (χ2n) is 3.07. The van der Waals surface area contributed by atoms with Crippen LogP contribution in [0.2, 0.25) is 0 Å². The predicted octanol–water partition coefficient (Wildman–Crippen LogP) is -0.205. The zero-order chi connectivity index (χ0) is 8.72. The number of benzene rings is 1. The van der Waals surface area contributed by atoms with Gasteiger partial charge < -0.3 is 15.4 Å². The van der Waals surface area contributed by atoms with Gasteiger partial charge in [0.2, 0.25) is 0 Å². The van der Waals surface area contributed by atoms with Gasteiger partial charge in [-0.3, -0.25) is 0 Å². The van der Waals surface area contributed by atoms with Crippen molar-refractivity contribution in [1.82, 2.24) is 0 Å². The highest BCUT2D eigenvalue weighted by molar-refractivity contribution is 6.62. The quantitative estimate of drug-likeness (QED) is 0.411. The Morgan fingerprint density at radius 1 is 1.58 bits per heavy atom. The Morgan fingerprint density at radius 3 is 3.08 bits per heavy atom. The SMILES string of the molecule is Cc1cc(N)cc2c1B(O)OC2. The van der Waals surface area contributed by atoms with Crippen molar-refractivity contribution in [3.63, 3.8) is 0 Å². The normalized spacial score (nSPS) is 15.0. The molecule has 62 valence electrons. The molecule has 3 nitrogen and oxygen atoms in total. The van der Waals surface area contributed by atoms with Gasteiger partial charge in [0.25, 0.3) is 0 Å². The monoisotopic (exact) mass is 163 g/mol. The van der Waals surface area contributed by atoms with Gasteiger partial charge in [0.05, 0.1) is 6.61 Å². The number of hydrogen-bond acceptors (Lipinski definition) is 3. The van der Waals surface area contributed by atoms with Gasteiger partial charge in [-0.15, -0.1) is 0 Å². The molecule has 0 bridgehead atoms. The minimum absolute atomic E-state index is 0.461. The minimum atomic E-state index is -0.763. The number of fused-ring (bicyclic) bond motifs is 1. The predicted molar refractivity (Wildman–Crippen MR) is 48.0 cm³/mol. The number of hydrogen-bond donors (Lipinski definition) is 2. The third-order valence-corrected chi connectivity index (χ3v) is 2.14. The summed E-state index contributed by atoms with van der Waals surface area (Å²) in [4.78, 5) is 0. The number of aryl methyl sites for hydroxylation is 1. The first-order valence-corrected chi connectivity index (χ1v) is 3.87. The molecule has 0 spiro atoms. The fourth-order valence-corrected chi connectivity index (χ4v) is 1.63. The van der Waals surface area contributed by atoms with Crippen LogP contribution in [0.4, 0.5) is 5.69 Å². The summed E-state index contributed by atoms with van der Waals surface area (Å²) in [5, 5.41) is 9.39. The van der Waals surface area contributed by atoms with Crippen LogP contribution in [-0.4, -0.2) is 12.1 Å². The molecule has 0 aromatic heterocycles. The summed E-state index contributed by atoms with van der Waals surface area (Å²) in [6.45, 7) is 2.38. The highest BCUT2D eigenvalue weighted by atomic mass is 16.5. The van der Waals surface area contributed by atoms with Gasteiger partial charge in [0.1, 0.15) is 0 Å². The van der Waals surface area contributed by atoms with E-state index in [-0.39, 0.29) is 0 Å². The summed E-state index contributed by atoms with van der Waals surface area (Å²) in [6.07, 6.45) is 0. The summed E-state index contributed by atoms with van der Waals surface area (Å²) >= 11 is 0. The lowest BCUT2D eigenvalue weighted by Gasteiger charge is -2.04. The number of anilines is 1. The molecule has 0 aliphatic carbocycles. The molecule has 0 unspecified atom stereocenters. The smallest absolute Gasteiger partial charge is 0.423 e. The first-order chi connectivity index (χ1) is 5.68. The molecule has 2 rings (SSSR count). The number of nitrogen functional groups attached to an aromatic ring is 1. The molecule has 0 saturated carbocycles. The fourth-order valence-electron chi connectivity index (χ4n) is 1.63. The van der Waals surface area contributed by atoms with E-state index in [1.165, 1.54) is 0 Å². The van der Waals surface area contributed by atoms with Crippen LogP contribution in [0.1, 0.15) is 11.1 Å². The first kappa shape index (κ1) is 7.64. The maximum absolute atomic E-state index is 9.39. The Labute approximate surface area is 71.3 Å². The van der Waals surface area contributed by atoms with E-state index in [9.17, 15) is 5.02 Å². The van der Waals surface area contributed by atoms with E-state index in [4.69, 9.17) is 10.4 Å². The summed E-state index contributed by atoms with van der Waals surface area (Å²) in [6, 6.07) is 3.69. The maximum Gasteiger partial charge on any atom is 0.492 e. The second-order valence-corrected chi connectivity index (χ2v) is 3.07. The Hall–Kier alpha value is -0.995. The van der Waals surface area contributed by atoms with Crippen LogP contribution >= 0.6 is 0 Å². The molecule has 1 aliphatic rings. The van der Waals surface area contributed by atoms with Crippen LogP contribution in [-0.2, 0) is 11.3 Å². The van der Waals surface area contributed by atoms with E-state index in [0.717, 1.165) is 22.3 Å². The lowest BCUT2D eigenvalue weighted by molar-refractivity contribution is 0.275. The zero-order valence-electron chi connectivity index (χ0n) is 6.87. The van der Waals surface area contributed by atoms with Crippen molar-refractivity contribution in [1.29, 1.82) is 0 Å². The van der Waals surface area contributed by atoms with Crippen LogP contribution in [0.25, 0.3) is 0 Å². The zero-order valence-corrected chi connectivity index (χ0v) is 6.87. The van der Waals surface area contributed by atoms with Gasteiger partial charge in [-0.05, 0) is 35.6 Å². The molecule has 0 saturated heterocycles. The van der Waals surface area contributed by atoms with Gasteiger partial charge in [0.15, 0.2) is 0 Å². The largest absolute Gasteiger partial charge is 0.492 e. The van der Waals surface area contributed by atoms with Crippen LogP contribution < -0.4 is 11.2 Å². The van der Waals surface area contributed by atoms with E-state index in [1.54, 1.807) is 0 Å². The summed E-state index contributed by atoms with van der Waals surface area (Å²) in [7, 11) is -0.763. The van der Waals surface area contributed by atoms with E-state index >= 15 is 0 Å². The molecular formula is C8H10BNO2. The van der Waals surface area contributed by atoms with Gasteiger partial charge >= 0.3 is 7.12 Å². The van der Waals surface area contributed by atoms with Crippen molar-refractivity contribution < 1.29 is 9.68 Å². The van der Waals surface area contributed by atoms with E-state index in [0.29, 0.717) is 6.61 Å².